The van der Waals surface area contributed by atoms with Gasteiger partial charge < -0.3 is 20.1 Å². The molecule has 1 fully saturated rings. The third-order valence-corrected chi connectivity index (χ3v) is 2.86. The number of hydrogen-bond acceptors (Lipinski definition) is 4. The minimum Gasteiger partial charge on any atom is -0.406 e. The molecule has 2 N–H and O–H groups in total. The van der Waals surface area contributed by atoms with E-state index >= 15 is 0 Å². The molecule has 0 bridgehead atoms. The number of ether oxygens (including phenoxy) is 2. The Hall–Kier alpha value is -1.51. The van der Waals surface area contributed by atoms with Gasteiger partial charge in [-0.15, -0.1) is 25.6 Å². The van der Waals surface area contributed by atoms with Crippen molar-refractivity contribution in [2.75, 3.05) is 19.8 Å². The minimum atomic E-state index is -4.71. The van der Waals surface area contributed by atoms with Gasteiger partial charge in [-0.05, 0) is 17.7 Å². The molecule has 1 amide bonds. The normalized spacial score (nSPS) is 18.2. The number of carbonyl (C=O) groups excluding carboxylic acids is 1. The largest absolute Gasteiger partial charge is 0.573 e. The molecule has 1 heterocycles. The van der Waals surface area contributed by atoms with Crippen LogP contribution in [0.5, 0.6) is 5.75 Å². The zero-order valence-electron chi connectivity index (χ0n) is 11.5. The molecule has 0 aromatic heterocycles. The molecular formula is C13H16ClF3N2O3. The first-order chi connectivity index (χ1) is 9.94. The molecular weight excluding hydrogens is 325 g/mol. The average Bonchev–Trinajstić information content (AvgIpc) is 2.45. The third-order valence-electron chi connectivity index (χ3n) is 2.86. The number of rotatable bonds is 4. The van der Waals surface area contributed by atoms with E-state index in [2.05, 4.69) is 15.4 Å². The van der Waals surface area contributed by atoms with Crippen molar-refractivity contribution in [1.82, 2.24) is 10.6 Å². The van der Waals surface area contributed by atoms with E-state index in [1.807, 2.05) is 0 Å². The molecule has 9 heteroatoms. The molecule has 1 aliphatic heterocycles. The van der Waals surface area contributed by atoms with Crippen LogP contribution in [0.4, 0.5) is 13.2 Å². The lowest BCUT2D eigenvalue weighted by Crippen LogP contribution is -2.51. The second-order valence-corrected chi connectivity index (χ2v) is 4.49. The summed E-state index contributed by atoms with van der Waals surface area (Å²) in [6, 6.07) is 4.94. The molecule has 1 unspecified atom stereocenters. The zero-order valence-corrected chi connectivity index (χ0v) is 12.3. The van der Waals surface area contributed by atoms with Gasteiger partial charge in [-0.1, -0.05) is 12.1 Å². The van der Waals surface area contributed by atoms with Gasteiger partial charge in [0.05, 0.1) is 13.2 Å². The van der Waals surface area contributed by atoms with E-state index in [0.29, 0.717) is 25.3 Å². The molecule has 1 saturated heterocycles. The van der Waals surface area contributed by atoms with Crippen molar-refractivity contribution in [3.05, 3.63) is 29.8 Å². The fourth-order valence-electron chi connectivity index (χ4n) is 1.86. The van der Waals surface area contributed by atoms with Crippen LogP contribution in [0.25, 0.3) is 0 Å². The number of carbonyl (C=O) groups is 1. The fourth-order valence-corrected chi connectivity index (χ4v) is 1.86. The van der Waals surface area contributed by atoms with Crippen LogP contribution in [0.15, 0.2) is 24.3 Å². The predicted octanol–water partition coefficient (Wildman–Crippen LogP) is 1.61. The van der Waals surface area contributed by atoms with Crippen molar-refractivity contribution in [2.45, 2.75) is 18.9 Å². The van der Waals surface area contributed by atoms with Gasteiger partial charge in [-0.25, -0.2) is 0 Å². The van der Waals surface area contributed by atoms with Crippen LogP contribution >= 0.6 is 12.4 Å². The number of amides is 1. The standard InChI is InChI=1S/C13H15F3N2O3.ClH/c14-13(15,16)21-10-3-1-9(2-4-10)7-18-12(19)11-8-20-6-5-17-11;/h1-4,11,17H,5-8H2,(H,18,19);1H. The maximum atomic E-state index is 12.0. The molecule has 1 aromatic carbocycles. The third kappa shape index (κ3) is 6.08. The molecule has 5 nitrogen and oxygen atoms in total. The summed E-state index contributed by atoms with van der Waals surface area (Å²) >= 11 is 0. The average molecular weight is 341 g/mol. The van der Waals surface area contributed by atoms with Crippen molar-refractivity contribution in [1.29, 1.82) is 0 Å². The van der Waals surface area contributed by atoms with Crippen LogP contribution in [0.1, 0.15) is 5.56 Å². The van der Waals surface area contributed by atoms with Crippen molar-refractivity contribution >= 4 is 18.3 Å². The highest BCUT2D eigenvalue weighted by molar-refractivity contribution is 5.85. The van der Waals surface area contributed by atoms with Gasteiger partial charge in [-0.2, -0.15) is 0 Å². The Morgan fingerprint density at radius 3 is 2.59 bits per heavy atom. The summed E-state index contributed by atoms with van der Waals surface area (Å²) in [5.74, 6) is -0.495. The topological polar surface area (TPSA) is 59.6 Å². The van der Waals surface area contributed by atoms with Gasteiger partial charge in [0, 0.05) is 13.1 Å². The molecule has 0 radical (unpaired) electrons. The SMILES string of the molecule is Cl.O=C(NCc1ccc(OC(F)(F)F)cc1)C1COCCN1. The van der Waals surface area contributed by atoms with Crippen LogP contribution in [-0.2, 0) is 16.1 Å². The maximum absolute atomic E-state index is 12.0. The molecule has 0 saturated carbocycles. The minimum absolute atomic E-state index is 0. The lowest BCUT2D eigenvalue weighted by atomic mass is 10.2. The lowest BCUT2D eigenvalue weighted by Gasteiger charge is -2.22. The molecule has 0 aliphatic carbocycles. The highest BCUT2D eigenvalue weighted by Gasteiger charge is 2.30. The summed E-state index contributed by atoms with van der Waals surface area (Å²) in [6.07, 6.45) is -4.71. The summed E-state index contributed by atoms with van der Waals surface area (Å²) in [7, 11) is 0. The van der Waals surface area contributed by atoms with E-state index in [0.717, 1.165) is 0 Å². The van der Waals surface area contributed by atoms with Gasteiger partial charge in [0.15, 0.2) is 0 Å². The Kier molecular flexibility index (Phi) is 6.92. The first-order valence-corrected chi connectivity index (χ1v) is 6.37. The van der Waals surface area contributed by atoms with Crippen molar-refractivity contribution in [2.24, 2.45) is 0 Å². The molecule has 0 spiro atoms. The number of benzene rings is 1. The van der Waals surface area contributed by atoms with E-state index in [-0.39, 0.29) is 30.6 Å². The lowest BCUT2D eigenvalue weighted by molar-refractivity contribution is -0.274. The van der Waals surface area contributed by atoms with Crippen molar-refractivity contribution < 1.29 is 27.4 Å². The summed E-state index contributed by atoms with van der Waals surface area (Å²) in [4.78, 5) is 11.8. The summed E-state index contributed by atoms with van der Waals surface area (Å²) in [5.41, 5.74) is 0.676. The number of hydrogen-bond donors (Lipinski definition) is 2. The van der Waals surface area contributed by atoms with Crippen LogP contribution in [0.3, 0.4) is 0 Å². The first-order valence-electron chi connectivity index (χ1n) is 6.37. The molecule has 1 aromatic rings. The Balaban J connectivity index is 0.00000242. The van der Waals surface area contributed by atoms with E-state index < -0.39 is 12.4 Å². The summed E-state index contributed by atoms with van der Waals surface area (Å²) in [6.45, 7) is 1.72. The van der Waals surface area contributed by atoms with Crippen molar-refractivity contribution in [3.8, 4) is 5.75 Å². The quantitative estimate of drug-likeness (QED) is 0.874. The number of nitrogens with one attached hydrogen (secondary N) is 2. The predicted molar refractivity (Wildman–Crippen MR) is 74.8 cm³/mol. The van der Waals surface area contributed by atoms with Gasteiger partial charge in [0.2, 0.25) is 5.91 Å². The molecule has 22 heavy (non-hydrogen) atoms. The second kappa shape index (κ2) is 8.21. The fraction of sp³-hybridized carbons (Fsp3) is 0.462. The van der Waals surface area contributed by atoms with E-state index in [1.54, 1.807) is 0 Å². The van der Waals surface area contributed by atoms with E-state index in [4.69, 9.17) is 4.74 Å². The molecule has 1 atom stereocenters. The van der Waals surface area contributed by atoms with E-state index in [9.17, 15) is 18.0 Å². The van der Waals surface area contributed by atoms with Crippen molar-refractivity contribution in [3.63, 3.8) is 0 Å². The number of morpholine rings is 1. The Labute approximate surface area is 131 Å². The van der Waals surface area contributed by atoms with Crippen LogP contribution in [0.2, 0.25) is 0 Å². The van der Waals surface area contributed by atoms with Gasteiger partial charge in [0.1, 0.15) is 11.8 Å². The first kappa shape index (κ1) is 18.5. The number of alkyl halides is 3. The van der Waals surface area contributed by atoms with Gasteiger partial charge in [-0.3, -0.25) is 4.79 Å². The van der Waals surface area contributed by atoms with Crippen LogP contribution in [0, 0.1) is 0 Å². The molecule has 2 rings (SSSR count). The van der Waals surface area contributed by atoms with E-state index in [1.165, 1.54) is 24.3 Å². The summed E-state index contributed by atoms with van der Waals surface area (Å²) < 4.78 is 44.9. The maximum Gasteiger partial charge on any atom is 0.573 e. The van der Waals surface area contributed by atoms with Gasteiger partial charge >= 0.3 is 6.36 Å². The molecule has 1 aliphatic rings. The molecule has 124 valence electrons. The van der Waals surface area contributed by atoms with Gasteiger partial charge in [0.25, 0.3) is 0 Å². The highest BCUT2D eigenvalue weighted by atomic mass is 35.5. The summed E-state index contributed by atoms with van der Waals surface area (Å²) in [5, 5.41) is 5.70. The zero-order chi connectivity index (χ0) is 15.3. The Morgan fingerprint density at radius 2 is 2.05 bits per heavy atom. The second-order valence-electron chi connectivity index (χ2n) is 4.49. The highest BCUT2D eigenvalue weighted by Crippen LogP contribution is 2.22. The Bertz CT molecular complexity index is 476. The van der Waals surface area contributed by atoms with Crippen LogP contribution < -0.4 is 15.4 Å². The monoisotopic (exact) mass is 340 g/mol. The smallest absolute Gasteiger partial charge is 0.406 e. The Morgan fingerprint density at radius 1 is 1.36 bits per heavy atom. The van der Waals surface area contributed by atoms with Crippen LogP contribution in [-0.4, -0.2) is 38.1 Å². The number of halogens is 4.